The molecule has 4 nitrogen and oxygen atoms in total. The van der Waals surface area contributed by atoms with Crippen LogP contribution < -0.4 is 0 Å². The lowest BCUT2D eigenvalue weighted by Gasteiger charge is -2.07. The van der Waals surface area contributed by atoms with Crippen molar-refractivity contribution in [2.75, 3.05) is 5.75 Å². The first-order valence-electron chi connectivity index (χ1n) is 4.67. The number of oxazole rings is 1. The highest BCUT2D eigenvalue weighted by atomic mass is 32.2. The summed E-state index contributed by atoms with van der Waals surface area (Å²) in [6.45, 7) is 3.96. The third kappa shape index (κ3) is 1.68. The lowest BCUT2D eigenvalue weighted by atomic mass is 10.2. The van der Waals surface area contributed by atoms with E-state index in [0.717, 1.165) is 5.69 Å². The van der Waals surface area contributed by atoms with Crippen molar-refractivity contribution in [1.82, 2.24) is 4.98 Å². The van der Waals surface area contributed by atoms with Gasteiger partial charge in [0.2, 0.25) is 0 Å². The largest absolute Gasteiger partial charge is 0.444 e. The van der Waals surface area contributed by atoms with Crippen LogP contribution in [0.5, 0.6) is 0 Å². The van der Waals surface area contributed by atoms with Gasteiger partial charge in [0, 0.05) is 12.3 Å². The highest BCUT2D eigenvalue weighted by Crippen LogP contribution is 2.24. The van der Waals surface area contributed by atoms with E-state index in [4.69, 9.17) is 4.42 Å². The maximum absolute atomic E-state index is 11.3. The number of sulfone groups is 1. The van der Waals surface area contributed by atoms with E-state index in [9.17, 15) is 8.42 Å². The number of hydrogen-bond donors (Lipinski definition) is 0. The SMILES string of the molecule is CC(C)c1nc2c(o1)CS(=O)(=O)CC2. The third-order valence-electron chi connectivity index (χ3n) is 2.29. The molecule has 1 aromatic rings. The topological polar surface area (TPSA) is 60.2 Å². The van der Waals surface area contributed by atoms with Gasteiger partial charge in [-0.25, -0.2) is 13.4 Å². The summed E-state index contributed by atoms with van der Waals surface area (Å²) >= 11 is 0. The van der Waals surface area contributed by atoms with Crippen molar-refractivity contribution in [2.45, 2.75) is 31.9 Å². The molecule has 1 aromatic heterocycles. The molecule has 0 amide bonds. The van der Waals surface area contributed by atoms with E-state index in [1.54, 1.807) is 0 Å². The third-order valence-corrected chi connectivity index (χ3v) is 3.82. The average molecular weight is 215 g/mol. The molecule has 2 heterocycles. The Morgan fingerprint density at radius 1 is 1.43 bits per heavy atom. The van der Waals surface area contributed by atoms with Gasteiger partial charge in [0.25, 0.3) is 0 Å². The van der Waals surface area contributed by atoms with E-state index < -0.39 is 9.84 Å². The van der Waals surface area contributed by atoms with Gasteiger partial charge in [-0.3, -0.25) is 0 Å². The van der Waals surface area contributed by atoms with Crippen LogP contribution in [0.25, 0.3) is 0 Å². The molecule has 78 valence electrons. The Morgan fingerprint density at radius 2 is 2.14 bits per heavy atom. The maximum atomic E-state index is 11.3. The van der Waals surface area contributed by atoms with Gasteiger partial charge < -0.3 is 4.42 Å². The van der Waals surface area contributed by atoms with Crippen LogP contribution in [0.2, 0.25) is 0 Å². The fraction of sp³-hybridized carbons (Fsp3) is 0.667. The predicted octanol–water partition coefficient (Wildman–Crippen LogP) is 1.27. The van der Waals surface area contributed by atoms with Crippen LogP contribution in [0, 0.1) is 0 Å². The minimum absolute atomic E-state index is 0.0159. The Bertz CT molecular complexity index is 445. The molecule has 0 atom stereocenters. The molecule has 0 unspecified atom stereocenters. The molecule has 0 bridgehead atoms. The van der Waals surface area contributed by atoms with Gasteiger partial charge in [-0.2, -0.15) is 0 Å². The van der Waals surface area contributed by atoms with Gasteiger partial charge in [0.15, 0.2) is 15.7 Å². The lowest BCUT2D eigenvalue weighted by molar-refractivity contribution is 0.443. The van der Waals surface area contributed by atoms with Gasteiger partial charge in [0.05, 0.1) is 11.4 Å². The first-order valence-corrected chi connectivity index (χ1v) is 6.49. The molecule has 14 heavy (non-hydrogen) atoms. The van der Waals surface area contributed by atoms with Crippen molar-refractivity contribution in [2.24, 2.45) is 0 Å². The average Bonchev–Trinajstić information content (AvgIpc) is 2.45. The quantitative estimate of drug-likeness (QED) is 0.707. The normalized spacial score (nSPS) is 19.6. The molecular weight excluding hydrogens is 202 g/mol. The standard InChI is InChI=1S/C9H13NO3S/c1-6(2)9-10-7-3-4-14(11,12)5-8(7)13-9/h6H,3-5H2,1-2H3. The van der Waals surface area contributed by atoms with Crippen LogP contribution in [-0.4, -0.2) is 19.2 Å². The van der Waals surface area contributed by atoms with Crippen LogP contribution in [0.1, 0.15) is 37.1 Å². The first kappa shape index (κ1) is 9.71. The summed E-state index contributed by atoms with van der Waals surface area (Å²) in [5.41, 5.74) is 0.823. The van der Waals surface area contributed by atoms with Crippen LogP contribution >= 0.6 is 0 Å². The van der Waals surface area contributed by atoms with Crippen LogP contribution in [0.15, 0.2) is 4.42 Å². The van der Waals surface area contributed by atoms with Gasteiger partial charge >= 0.3 is 0 Å². The van der Waals surface area contributed by atoms with Crippen molar-refractivity contribution >= 4 is 9.84 Å². The summed E-state index contributed by atoms with van der Waals surface area (Å²) in [5, 5.41) is 0. The van der Waals surface area contributed by atoms with Crippen molar-refractivity contribution in [3.05, 3.63) is 17.3 Å². The minimum Gasteiger partial charge on any atom is -0.444 e. The molecule has 0 spiro atoms. The molecule has 1 aliphatic rings. The summed E-state index contributed by atoms with van der Waals surface area (Å²) < 4.78 is 28.0. The summed E-state index contributed by atoms with van der Waals surface area (Å²) in [6, 6.07) is 0. The molecule has 5 heteroatoms. The highest BCUT2D eigenvalue weighted by molar-refractivity contribution is 7.90. The number of fused-ring (bicyclic) bond motifs is 1. The van der Waals surface area contributed by atoms with Crippen molar-refractivity contribution in [1.29, 1.82) is 0 Å². The molecular formula is C9H13NO3S. The molecule has 1 aliphatic heterocycles. The minimum atomic E-state index is -2.94. The molecule has 0 radical (unpaired) electrons. The fourth-order valence-electron chi connectivity index (χ4n) is 1.48. The zero-order valence-corrected chi connectivity index (χ0v) is 9.10. The second-order valence-electron chi connectivity index (χ2n) is 3.92. The zero-order valence-electron chi connectivity index (χ0n) is 8.28. The van der Waals surface area contributed by atoms with Crippen molar-refractivity contribution in [3.8, 4) is 0 Å². The predicted molar refractivity (Wildman–Crippen MR) is 51.8 cm³/mol. The highest BCUT2D eigenvalue weighted by Gasteiger charge is 2.27. The van der Waals surface area contributed by atoms with E-state index in [1.807, 2.05) is 13.8 Å². The van der Waals surface area contributed by atoms with E-state index in [0.29, 0.717) is 18.1 Å². The van der Waals surface area contributed by atoms with Crippen LogP contribution in [0.4, 0.5) is 0 Å². The fourth-order valence-corrected chi connectivity index (χ4v) is 2.76. The molecule has 0 saturated carbocycles. The molecule has 0 aromatic carbocycles. The van der Waals surface area contributed by atoms with Crippen molar-refractivity contribution < 1.29 is 12.8 Å². The lowest BCUT2D eigenvalue weighted by Crippen LogP contribution is -2.17. The Morgan fingerprint density at radius 3 is 2.79 bits per heavy atom. The number of nitrogens with zero attached hydrogens (tertiary/aromatic N) is 1. The Labute approximate surface area is 83.3 Å². The molecule has 0 aliphatic carbocycles. The molecule has 0 fully saturated rings. The van der Waals surface area contributed by atoms with E-state index >= 15 is 0 Å². The zero-order chi connectivity index (χ0) is 10.3. The summed E-state index contributed by atoms with van der Waals surface area (Å²) in [5.74, 6) is 1.61. The van der Waals surface area contributed by atoms with E-state index in [-0.39, 0.29) is 17.4 Å². The Hall–Kier alpha value is -0.840. The molecule has 0 N–H and O–H groups in total. The number of aryl methyl sites for hydroxylation is 1. The molecule has 2 rings (SSSR count). The van der Waals surface area contributed by atoms with Gasteiger partial charge in [-0.15, -0.1) is 0 Å². The smallest absolute Gasteiger partial charge is 0.197 e. The van der Waals surface area contributed by atoms with E-state index in [1.165, 1.54) is 0 Å². The first-order chi connectivity index (χ1) is 6.48. The summed E-state index contributed by atoms with van der Waals surface area (Å²) in [4.78, 5) is 4.28. The number of aromatic nitrogens is 1. The number of rotatable bonds is 1. The molecule has 0 saturated heterocycles. The summed E-state index contributed by atoms with van der Waals surface area (Å²) in [7, 11) is -2.94. The van der Waals surface area contributed by atoms with Gasteiger partial charge in [-0.1, -0.05) is 13.8 Å². The van der Waals surface area contributed by atoms with Crippen LogP contribution in [-0.2, 0) is 22.0 Å². The summed E-state index contributed by atoms with van der Waals surface area (Å²) in [6.07, 6.45) is 0.494. The second kappa shape index (κ2) is 3.08. The van der Waals surface area contributed by atoms with Crippen molar-refractivity contribution in [3.63, 3.8) is 0 Å². The monoisotopic (exact) mass is 215 g/mol. The second-order valence-corrected chi connectivity index (χ2v) is 6.10. The van der Waals surface area contributed by atoms with E-state index in [2.05, 4.69) is 4.98 Å². The maximum Gasteiger partial charge on any atom is 0.197 e. The van der Waals surface area contributed by atoms with Crippen LogP contribution in [0.3, 0.4) is 0 Å². The Kier molecular flexibility index (Phi) is 2.14. The Balaban J connectivity index is 2.39. The van der Waals surface area contributed by atoms with Gasteiger partial charge in [0.1, 0.15) is 11.5 Å². The van der Waals surface area contributed by atoms with Gasteiger partial charge in [-0.05, 0) is 0 Å². The number of hydrogen-bond acceptors (Lipinski definition) is 4.